The van der Waals surface area contributed by atoms with Crippen molar-refractivity contribution < 1.29 is 26.7 Å². The van der Waals surface area contributed by atoms with Crippen molar-refractivity contribution in [1.82, 2.24) is 4.90 Å². The quantitative estimate of drug-likeness (QED) is 0.590. The molecule has 0 saturated carbocycles. The first-order valence-corrected chi connectivity index (χ1v) is 15.2. The minimum absolute atomic E-state index is 0.0943. The van der Waals surface area contributed by atoms with E-state index in [4.69, 9.17) is 4.74 Å². The summed E-state index contributed by atoms with van der Waals surface area (Å²) in [5.41, 5.74) is 1.94. The zero-order valence-electron chi connectivity index (χ0n) is 16.8. The average Bonchev–Trinajstić information content (AvgIpc) is 2.67. The van der Waals surface area contributed by atoms with Crippen LogP contribution in [0.25, 0.3) is 11.1 Å². The van der Waals surface area contributed by atoms with Crippen LogP contribution >= 0.6 is 0 Å². The second-order valence-corrected chi connectivity index (χ2v) is 16.9. The molecule has 1 aliphatic heterocycles. The first-order chi connectivity index (χ1) is 14.2. The molecule has 30 heavy (non-hydrogen) atoms. The van der Waals surface area contributed by atoms with Gasteiger partial charge in [-0.15, -0.1) is 0 Å². The van der Waals surface area contributed by atoms with Crippen LogP contribution in [-0.4, -0.2) is 60.0 Å². The molecule has 2 aromatic carbocycles. The van der Waals surface area contributed by atoms with Crippen LogP contribution in [0.4, 0.5) is 13.6 Å². The molecule has 0 aliphatic carbocycles. The number of carbonyl (C=O) groups excluding carboxylic acids is 1. The number of hydrogen-bond donors (Lipinski definition) is 0. The molecule has 5 nitrogen and oxygen atoms in total. The summed E-state index contributed by atoms with van der Waals surface area (Å²) in [6.45, 7) is 0.512. The predicted octanol–water partition coefficient (Wildman–Crippen LogP) is 3.59. The molecule has 2 aromatic rings. The summed E-state index contributed by atoms with van der Waals surface area (Å²) >= 11 is -1.33. The Balaban J connectivity index is 1.92. The van der Waals surface area contributed by atoms with Gasteiger partial charge in [0, 0.05) is 0 Å². The number of halogens is 2. The molecule has 0 aromatic heterocycles. The van der Waals surface area contributed by atoms with Gasteiger partial charge in [-0.2, -0.15) is 0 Å². The van der Waals surface area contributed by atoms with Crippen molar-refractivity contribution in [3.05, 3.63) is 59.7 Å². The summed E-state index contributed by atoms with van der Waals surface area (Å²) in [5, 5.41) is 0. The molecule has 0 N–H and O–H groups in total. The molecule has 0 spiro atoms. The van der Waals surface area contributed by atoms with E-state index in [-0.39, 0.29) is 10.7 Å². The van der Waals surface area contributed by atoms with Crippen LogP contribution in [0.2, 0.25) is 4.71 Å². The molecule has 3 rings (SSSR count). The van der Waals surface area contributed by atoms with Gasteiger partial charge in [-0.25, -0.2) is 0 Å². The van der Waals surface area contributed by atoms with Crippen LogP contribution in [0.3, 0.4) is 0 Å². The van der Waals surface area contributed by atoms with Gasteiger partial charge in [-0.3, -0.25) is 0 Å². The number of carbonyl (C=O) groups is 1. The molecule has 1 amide bonds. The summed E-state index contributed by atoms with van der Waals surface area (Å²) in [4.78, 5) is 13.9. The van der Waals surface area contributed by atoms with E-state index in [0.717, 1.165) is 24.5 Å². The summed E-state index contributed by atoms with van der Waals surface area (Å²) in [6.07, 6.45) is 2.72. The topological polar surface area (TPSA) is 63.7 Å². The van der Waals surface area contributed by atoms with Gasteiger partial charge in [0.1, 0.15) is 0 Å². The van der Waals surface area contributed by atoms with E-state index in [1.54, 1.807) is 17.0 Å². The van der Waals surface area contributed by atoms with E-state index in [1.807, 2.05) is 12.1 Å². The minimum atomic E-state index is -3.10. The number of likely N-dealkylation sites (tertiary alicyclic amines) is 1. The van der Waals surface area contributed by atoms with Crippen molar-refractivity contribution >= 4 is 28.8 Å². The van der Waals surface area contributed by atoms with Crippen LogP contribution in [0.15, 0.2) is 42.5 Å². The summed E-state index contributed by atoms with van der Waals surface area (Å²) in [6, 6.07) is 10.3. The molecule has 3 atom stereocenters. The molecule has 1 aliphatic rings. The van der Waals surface area contributed by atoms with Crippen LogP contribution in [0.5, 0.6) is 0 Å². The third-order valence-corrected chi connectivity index (χ3v) is 11.9. The number of rotatable bonds is 5. The number of piperidine rings is 1. The van der Waals surface area contributed by atoms with E-state index >= 15 is 0 Å². The Kier molecular flexibility index (Phi) is 7.19. The number of ether oxygens (including phenoxy) is 1. The fourth-order valence-corrected chi connectivity index (χ4v) is 11.0. The van der Waals surface area contributed by atoms with Gasteiger partial charge in [0.2, 0.25) is 0 Å². The Hall–Kier alpha value is -1.92. The maximum absolute atomic E-state index is 13.6. The first kappa shape index (κ1) is 22.8. The Morgan fingerprint density at radius 1 is 1.17 bits per heavy atom. The fourth-order valence-electron chi connectivity index (χ4n) is 3.91. The van der Waals surface area contributed by atoms with Crippen LogP contribution in [-0.2, 0) is 19.3 Å². The van der Waals surface area contributed by atoms with Crippen molar-refractivity contribution in [2.45, 2.75) is 30.0 Å². The molecule has 1 saturated heterocycles. The Morgan fingerprint density at radius 2 is 1.87 bits per heavy atom. The monoisotopic (exact) mass is 499 g/mol. The van der Waals surface area contributed by atoms with Gasteiger partial charge in [0.15, 0.2) is 0 Å². The van der Waals surface area contributed by atoms with E-state index in [0.29, 0.717) is 24.1 Å². The van der Waals surface area contributed by atoms with Gasteiger partial charge in [-0.1, -0.05) is 0 Å². The number of methoxy groups -OCH3 is 1. The van der Waals surface area contributed by atoms with Gasteiger partial charge in [0.25, 0.3) is 0 Å². The number of nitrogens with zero attached hydrogens (tertiary/aromatic N) is 1. The van der Waals surface area contributed by atoms with Gasteiger partial charge in [-0.05, 0) is 0 Å². The predicted molar refractivity (Wildman–Crippen MR) is 113 cm³/mol. The van der Waals surface area contributed by atoms with Gasteiger partial charge >= 0.3 is 181 Å². The Labute approximate surface area is 181 Å². The molecular formula is C21H24AsF2NO4S. The Bertz CT molecular complexity index is 1010. The third-order valence-electron chi connectivity index (χ3n) is 5.12. The summed E-state index contributed by atoms with van der Waals surface area (Å²) in [7, 11) is -1.79. The van der Waals surface area contributed by atoms with Crippen molar-refractivity contribution in [3.63, 3.8) is 0 Å². The van der Waals surface area contributed by atoms with Crippen LogP contribution < -0.4 is 0 Å². The van der Waals surface area contributed by atoms with Crippen molar-refractivity contribution in [1.29, 1.82) is 0 Å². The summed E-state index contributed by atoms with van der Waals surface area (Å²) < 4.78 is 56.1. The van der Waals surface area contributed by atoms with Crippen molar-refractivity contribution in [3.8, 4) is 11.1 Å². The molecule has 1 fully saturated rings. The molecule has 0 radical (unpaired) electrons. The molecule has 162 valence electrons. The fraction of sp³-hybridized carbons (Fsp3) is 0.381. The van der Waals surface area contributed by atoms with Crippen molar-refractivity contribution in [2.75, 3.05) is 19.9 Å². The zero-order valence-corrected chi connectivity index (χ0v) is 19.7. The van der Waals surface area contributed by atoms with E-state index < -0.39 is 40.4 Å². The standard InChI is InChI=1S/C21H24AsF2NO4S/c1-29-21(26)25-8-4-7-19(22-30(2,27)28)20(25)10-14-5-3-6-15(9-14)16-11-17(23)13-18(24)12-16/h3,5-6,9,11-13,19-20,22H,4,7-8,10H2,1-2H3/t19-,20-/m0/s1. The van der Waals surface area contributed by atoms with Crippen LogP contribution in [0, 0.1) is 11.6 Å². The first-order valence-electron chi connectivity index (χ1n) is 9.53. The number of benzene rings is 2. The average molecular weight is 499 g/mol. The van der Waals surface area contributed by atoms with E-state index in [9.17, 15) is 22.0 Å². The molecule has 9 heteroatoms. The number of hydrogen-bond acceptors (Lipinski definition) is 4. The normalized spacial score (nSPS) is 19.9. The molecule has 1 unspecified atom stereocenters. The third kappa shape index (κ3) is 5.82. The van der Waals surface area contributed by atoms with Gasteiger partial charge in [0.05, 0.1) is 0 Å². The summed E-state index contributed by atoms with van der Waals surface area (Å²) in [5.74, 6) is -1.31. The SMILES string of the molecule is COC(=O)N1CCC[C@H]([AsH]S(C)(=O)=O)[C@@H]1Cc1cccc(-c2cc(F)cc(F)c2)c1. The molecular weight excluding hydrogens is 475 g/mol. The Morgan fingerprint density at radius 3 is 2.50 bits per heavy atom. The second kappa shape index (κ2) is 9.48. The molecule has 1 heterocycles. The number of amides is 1. The second-order valence-electron chi connectivity index (χ2n) is 7.43. The van der Waals surface area contributed by atoms with E-state index in [1.165, 1.54) is 25.5 Å². The van der Waals surface area contributed by atoms with Crippen LogP contribution in [0.1, 0.15) is 18.4 Å². The maximum atomic E-state index is 13.6. The van der Waals surface area contributed by atoms with Crippen molar-refractivity contribution in [2.24, 2.45) is 0 Å². The van der Waals surface area contributed by atoms with Gasteiger partial charge < -0.3 is 0 Å². The van der Waals surface area contributed by atoms with E-state index in [2.05, 4.69) is 0 Å². The molecule has 0 bridgehead atoms. The zero-order chi connectivity index (χ0) is 21.9.